The van der Waals surface area contributed by atoms with Crippen LogP contribution in [0.25, 0.3) is 11.3 Å². The second-order valence-electron chi connectivity index (χ2n) is 6.72. The third-order valence-corrected chi connectivity index (χ3v) is 5.21. The molecule has 2 heterocycles. The van der Waals surface area contributed by atoms with Gasteiger partial charge in [-0.05, 0) is 30.3 Å². The van der Waals surface area contributed by atoms with Crippen molar-refractivity contribution in [3.05, 3.63) is 75.4 Å². The van der Waals surface area contributed by atoms with Crippen LogP contribution in [0.1, 0.15) is 10.4 Å². The molecule has 4 rings (SSSR count). The van der Waals surface area contributed by atoms with Gasteiger partial charge in [-0.3, -0.25) is 20.0 Å². The molecule has 0 unspecified atom stereocenters. The zero-order valence-corrected chi connectivity index (χ0v) is 16.2. The van der Waals surface area contributed by atoms with Crippen LogP contribution in [0.3, 0.4) is 0 Å². The molecule has 0 saturated carbocycles. The van der Waals surface area contributed by atoms with Gasteiger partial charge in [-0.15, -0.1) is 0 Å². The highest BCUT2D eigenvalue weighted by atomic mass is 35.5. The summed E-state index contributed by atoms with van der Waals surface area (Å²) in [5.41, 5.74) is 2.73. The van der Waals surface area contributed by atoms with E-state index in [-0.39, 0.29) is 11.6 Å². The number of halogens is 1. The number of non-ortho nitro benzene ring substituents is 1. The van der Waals surface area contributed by atoms with E-state index in [4.69, 9.17) is 11.6 Å². The van der Waals surface area contributed by atoms with Crippen molar-refractivity contribution < 1.29 is 9.72 Å². The molecule has 8 nitrogen and oxygen atoms in total. The molecule has 29 heavy (non-hydrogen) atoms. The Morgan fingerprint density at radius 2 is 1.83 bits per heavy atom. The van der Waals surface area contributed by atoms with Gasteiger partial charge in [-0.1, -0.05) is 17.7 Å². The van der Waals surface area contributed by atoms with E-state index >= 15 is 0 Å². The third-order valence-electron chi connectivity index (χ3n) is 4.98. The predicted molar refractivity (Wildman–Crippen MR) is 110 cm³/mol. The summed E-state index contributed by atoms with van der Waals surface area (Å²) < 4.78 is 0. The Hall–Kier alpha value is -3.39. The molecular formula is C20H18ClN5O3. The van der Waals surface area contributed by atoms with Crippen LogP contribution in [0, 0.1) is 10.1 Å². The summed E-state index contributed by atoms with van der Waals surface area (Å²) >= 11 is 6.07. The Morgan fingerprint density at radius 3 is 2.48 bits per heavy atom. The average molecular weight is 412 g/mol. The molecule has 0 aliphatic carbocycles. The van der Waals surface area contributed by atoms with Crippen molar-refractivity contribution in [3.63, 3.8) is 0 Å². The van der Waals surface area contributed by atoms with Gasteiger partial charge in [0, 0.05) is 54.6 Å². The largest absolute Gasteiger partial charge is 0.368 e. The Balaban J connectivity index is 1.47. The molecule has 1 aromatic heterocycles. The van der Waals surface area contributed by atoms with Gasteiger partial charge in [0.1, 0.15) is 0 Å². The SMILES string of the molecule is O=C(c1cn[nH]c1-c1ccc([N+](=O)[O-])cc1)N1CCN(c2cccc(Cl)c2)CC1. The highest BCUT2D eigenvalue weighted by Crippen LogP contribution is 2.26. The van der Waals surface area contributed by atoms with Crippen LogP contribution in [0.5, 0.6) is 0 Å². The molecule has 1 amide bonds. The topological polar surface area (TPSA) is 95.4 Å². The fourth-order valence-corrected chi connectivity index (χ4v) is 3.61. The van der Waals surface area contributed by atoms with Crippen LogP contribution in [0.4, 0.5) is 11.4 Å². The smallest absolute Gasteiger partial charge is 0.269 e. The number of nitrogens with one attached hydrogen (secondary N) is 1. The number of aromatic nitrogens is 2. The predicted octanol–water partition coefficient (Wildman–Crippen LogP) is 3.60. The molecule has 1 aliphatic rings. The van der Waals surface area contributed by atoms with Crippen LogP contribution in [-0.2, 0) is 0 Å². The number of benzene rings is 2. The Morgan fingerprint density at radius 1 is 1.10 bits per heavy atom. The number of rotatable bonds is 4. The number of H-pyrrole nitrogens is 1. The number of amides is 1. The molecule has 9 heteroatoms. The lowest BCUT2D eigenvalue weighted by Crippen LogP contribution is -2.48. The molecule has 148 valence electrons. The molecule has 0 radical (unpaired) electrons. The second kappa shape index (κ2) is 7.92. The fourth-order valence-electron chi connectivity index (χ4n) is 3.43. The minimum atomic E-state index is -0.456. The minimum absolute atomic E-state index is 0.00159. The number of aromatic amines is 1. The maximum atomic E-state index is 13.0. The number of nitro benzene ring substituents is 1. The Labute approximate surface area is 171 Å². The molecule has 0 atom stereocenters. The van der Waals surface area contributed by atoms with Crippen LogP contribution >= 0.6 is 11.6 Å². The van der Waals surface area contributed by atoms with Gasteiger partial charge in [0.15, 0.2) is 0 Å². The average Bonchev–Trinajstić information content (AvgIpc) is 3.23. The van der Waals surface area contributed by atoms with Gasteiger partial charge in [-0.2, -0.15) is 5.10 Å². The molecule has 1 aliphatic heterocycles. The monoisotopic (exact) mass is 411 g/mol. The lowest BCUT2D eigenvalue weighted by molar-refractivity contribution is -0.384. The summed E-state index contributed by atoms with van der Waals surface area (Å²) in [7, 11) is 0. The molecule has 2 aromatic carbocycles. The molecule has 3 aromatic rings. The van der Waals surface area contributed by atoms with E-state index in [0.717, 1.165) is 5.69 Å². The normalized spacial score (nSPS) is 14.1. The van der Waals surface area contributed by atoms with Gasteiger partial charge >= 0.3 is 0 Å². The molecule has 0 bridgehead atoms. The molecule has 1 N–H and O–H groups in total. The van der Waals surface area contributed by atoms with Crippen molar-refractivity contribution in [2.45, 2.75) is 0 Å². The molecule has 1 saturated heterocycles. The van der Waals surface area contributed by atoms with Crippen molar-refractivity contribution in [1.82, 2.24) is 15.1 Å². The number of piperazine rings is 1. The van der Waals surface area contributed by atoms with Crippen molar-refractivity contribution in [1.29, 1.82) is 0 Å². The maximum Gasteiger partial charge on any atom is 0.269 e. The number of hydrogen-bond donors (Lipinski definition) is 1. The number of hydrogen-bond acceptors (Lipinski definition) is 5. The van der Waals surface area contributed by atoms with Crippen LogP contribution in [0.2, 0.25) is 5.02 Å². The van der Waals surface area contributed by atoms with E-state index < -0.39 is 4.92 Å². The summed E-state index contributed by atoms with van der Waals surface area (Å²) in [6.07, 6.45) is 1.50. The molecular weight excluding hydrogens is 394 g/mol. The van der Waals surface area contributed by atoms with Crippen LogP contribution in [-0.4, -0.2) is 52.1 Å². The van der Waals surface area contributed by atoms with Gasteiger partial charge in [-0.25, -0.2) is 0 Å². The van der Waals surface area contributed by atoms with Crippen molar-refractivity contribution in [2.75, 3.05) is 31.1 Å². The van der Waals surface area contributed by atoms with E-state index in [1.54, 1.807) is 17.0 Å². The summed E-state index contributed by atoms with van der Waals surface area (Å²) in [6, 6.07) is 13.7. The first-order chi connectivity index (χ1) is 14.0. The van der Waals surface area contributed by atoms with Crippen molar-refractivity contribution in [2.24, 2.45) is 0 Å². The van der Waals surface area contributed by atoms with E-state index in [1.165, 1.54) is 18.3 Å². The van der Waals surface area contributed by atoms with Crippen LogP contribution < -0.4 is 4.90 Å². The molecule has 0 spiro atoms. The van der Waals surface area contributed by atoms with E-state index in [0.29, 0.717) is 48.0 Å². The first-order valence-electron chi connectivity index (χ1n) is 9.11. The Bertz CT molecular complexity index is 1040. The number of carbonyl (C=O) groups is 1. The van der Waals surface area contributed by atoms with Gasteiger partial charge < -0.3 is 9.80 Å². The maximum absolute atomic E-state index is 13.0. The standard InChI is InChI=1S/C20H18ClN5O3/c21-15-2-1-3-17(12-15)24-8-10-25(11-9-24)20(27)18-13-22-23-19(18)14-4-6-16(7-5-14)26(28)29/h1-7,12-13H,8-11H2,(H,22,23). The van der Waals surface area contributed by atoms with Gasteiger partial charge in [0.05, 0.1) is 22.4 Å². The zero-order chi connectivity index (χ0) is 20.4. The second-order valence-corrected chi connectivity index (χ2v) is 7.16. The van der Waals surface area contributed by atoms with Gasteiger partial charge in [0.2, 0.25) is 0 Å². The molecule has 1 fully saturated rings. The minimum Gasteiger partial charge on any atom is -0.368 e. The van der Waals surface area contributed by atoms with E-state index in [2.05, 4.69) is 15.1 Å². The summed E-state index contributed by atoms with van der Waals surface area (Å²) in [5, 5.41) is 18.4. The van der Waals surface area contributed by atoms with Crippen LogP contribution in [0.15, 0.2) is 54.7 Å². The number of carbonyl (C=O) groups excluding carboxylic acids is 1. The quantitative estimate of drug-likeness (QED) is 0.522. The Kier molecular flexibility index (Phi) is 5.18. The lowest BCUT2D eigenvalue weighted by atomic mass is 10.1. The van der Waals surface area contributed by atoms with E-state index in [1.807, 2.05) is 24.3 Å². The summed E-state index contributed by atoms with van der Waals surface area (Å²) in [4.78, 5) is 27.4. The first-order valence-corrected chi connectivity index (χ1v) is 9.49. The zero-order valence-electron chi connectivity index (χ0n) is 15.4. The van der Waals surface area contributed by atoms with Crippen molar-refractivity contribution in [3.8, 4) is 11.3 Å². The van der Waals surface area contributed by atoms with Crippen molar-refractivity contribution >= 4 is 28.9 Å². The third kappa shape index (κ3) is 3.93. The van der Waals surface area contributed by atoms with E-state index in [9.17, 15) is 14.9 Å². The van der Waals surface area contributed by atoms with Gasteiger partial charge in [0.25, 0.3) is 11.6 Å². The summed E-state index contributed by atoms with van der Waals surface area (Å²) in [6.45, 7) is 2.57. The lowest BCUT2D eigenvalue weighted by Gasteiger charge is -2.36. The first kappa shape index (κ1) is 18.9. The fraction of sp³-hybridized carbons (Fsp3) is 0.200. The highest BCUT2D eigenvalue weighted by molar-refractivity contribution is 6.30. The number of nitrogens with zero attached hydrogens (tertiary/aromatic N) is 4. The number of nitro groups is 1. The highest BCUT2D eigenvalue weighted by Gasteiger charge is 2.25. The number of anilines is 1. The summed E-state index contributed by atoms with van der Waals surface area (Å²) in [5.74, 6) is -0.113.